The lowest BCUT2D eigenvalue weighted by molar-refractivity contribution is 0.190. The fourth-order valence-corrected chi connectivity index (χ4v) is 2.58. The van der Waals surface area contributed by atoms with Gasteiger partial charge in [-0.05, 0) is 43.3 Å². The van der Waals surface area contributed by atoms with Crippen molar-refractivity contribution < 1.29 is 14.6 Å². The molecule has 0 unspecified atom stereocenters. The largest absolute Gasteiger partial charge is 0.496 e. The highest BCUT2D eigenvalue weighted by Gasteiger charge is 2.11. The maximum Gasteiger partial charge on any atom is 0.125 e. The van der Waals surface area contributed by atoms with E-state index >= 15 is 0 Å². The van der Waals surface area contributed by atoms with Crippen molar-refractivity contribution in [1.29, 1.82) is 0 Å². The molecule has 0 aliphatic carbocycles. The minimum absolute atomic E-state index is 0.337. The highest BCUT2D eigenvalue weighted by Crippen LogP contribution is 2.30. The molecule has 0 bridgehead atoms. The van der Waals surface area contributed by atoms with Gasteiger partial charge < -0.3 is 14.6 Å². The van der Waals surface area contributed by atoms with Crippen molar-refractivity contribution in [2.75, 3.05) is 7.11 Å². The number of aliphatic hydroxyl groups excluding tert-OH is 1. The average Bonchev–Trinajstić information content (AvgIpc) is 2.46. The Morgan fingerprint density at radius 3 is 2.57 bits per heavy atom. The molecule has 0 fully saturated rings. The number of aliphatic hydroxyl groups is 1. The van der Waals surface area contributed by atoms with Crippen molar-refractivity contribution in [3.63, 3.8) is 0 Å². The van der Waals surface area contributed by atoms with Gasteiger partial charge in [0.2, 0.25) is 0 Å². The van der Waals surface area contributed by atoms with Crippen LogP contribution >= 0.6 is 27.5 Å². The van der Waals surface area contributed by atoms with Crippen LogP contribution in [0.1, 0.15) is 24.2 Å². The van der Waals surface area contributed by atoms with E-state index in [0.717, 1.165) is 15.8 Å². The van der Waals surface area contributed by atoms with Crippen molar-refractivity contribution >= 4 is 27.5 Å². The second-order valence-corrected chi connectivity index (χ2v) is 5.96. The van der Waals surface area contributed by atoms with Crippen LogP contribution in [0.25, 0.3) is 0 Å². The lowest BCUT2D eigenvalue weighted by atomic mass is 10.1. The van der Waals surface area contributed by atoms with Gasteiger partial charge >= 0.3 is 0 Å². The van der Waals surface area contributed by atoms with E-state index in [1.165, 1.54) is 0 Å². The summed E-state index contributed by atoms with van der Waals surface area (Å²) in [5, 5.41) is 10.4. The third-order valence-corrected chi connectivity index (χ3v) is 3.78. The Bertz CT molecular complexity index is 629. The fraction of sp³-hybridized carbons (Fsp3) is 0.250. The third-order valence-electron chi connectivity index (χ3n) is 3.05. The van der Waals surface area contributed by atoms with Gasteiger partial charge in [0.05, 0.1) is 13.2 Å². The molecule has 3 nitrogen and oxygen atoms in total. The van der Waals surface area contributed by atoms with Crippen LogP contribution in [0.5, 0.6) is 11.5 Å². The SMILES string of the molecule is COc1ccc(Br)cc1COc1ccc(Cl)cc1[C@@H](C)O. The Labute approximate surface area is 137 Å². The third kappa shape index (κ3) is 4.13. The van der Waals surface area contributed by atoms with Crippen molar-refractivity contribution in [1.82, 2.24) is 0 Å². The zero-order valence-corrected chi connectivity index (χ0v) is 14.1. The van der Waals surface area contributed by atoms with Gasteiger partial charge in [0.1, 0.15) is 18.1 Å². The van der Waals surface area contributed by atoms with Crippen molar-refractivity contribution in [2.45, 2.75) is 19.6 Å². The number of hydrogen-bond donors (Lipinski definition) is 1. The molecule has 2 aromatic carbocycles. The molecule has 0 saturated heterocycles. The average molecular weight is 372 g/mol. The van der Waals surface area contributed by atoms with Gasteiger partial charge in [0.25, 0.3) is 0 Å². The molecule has 2 aromatic rings. The summed E-state index contributed by atoms with van der Waals surface area (Å²) in [7, 11) is 1.62. The van der Waals surface area contributed by atoms with E-state index in [4.69, 9.17) is 21.1 Å². The van der Waals surface area contributed by atoms with Gasteiger partial charge in [-0.3, -0.25) is 0 Å². The monoisotopic (exact) mass is 370 g/mol. The molecule has 0 saturated carbocycles. The Hall–Kier alpha value is -1.23. The van der Waals surface area contributed by atoms with Gasteiger partial charge in [0.15, 0.2) is 0 Å². The number of hydrogen-bond acceptors (Lipinski definition) is 3. The molecule has 0 heterocycles. The summed E-state index contributed by atoms with van der Waals surface area (Å²) in [6.45, 7) is 2.02. The summed E-state index contributed by atoms with van der Waals surface area (Å²) in [6, 6.07) is 10.9. The van der Waals surface area contributed by atoms with E-state index in [1.807, 2.05) is 18.2 Å². The first-order chi connectivity index (χ1) is 10.0. The first-order valence-electron chi connectivity index (χ1n) is 6.44. The molecular formula is C16H16BrClO3. The lowest BCUT2D eigenvalue weighted by Gasteiger charge is -2.15. The standard InChI is InChI=1S/C16H16BrClO3/c1-10(19)14-8-13(18)4-6-16(14)21-9-11-7-12(17)3-5-15(11)20-2/h3-8,10,19H,9H2,1-2H3/t10-/m1/s1. The Morgan fingerprint density at radius 1 is 1.19 bits per heavy atom. The molecule has 0 spiro atoms. The topological polar surface area (TPSA) is 38.7 Å². The summed E-state index contributed by atoms with van der Waals surface area (Å²) < 4.78 is 12.1. The van der Waals surface area contributed by atoms with Gasteiger partial charge in [-0.25, -0.2) is 0 Å². The predicted octanol–water partition coefficient (Wildman–Crippen LogP) is 4.74. The molecular weight excluding hydrogens is 356 g/mol. The maximum atomic E-state index is 9.80. The summed E-state index contributed by atoms with van der Waals surface area (Å²) in [6.07, 6.45) is -0.650. The Morgan fingerprint density at radius 2 is 1.90 bits per heavy atom. The van der Waals surface area contributed by atoms with Crippen molar-refractivity contribution in [2.24, 2.45) is 0 Å². The van der Waals surface area contributed by atoms with E-state index < -0.39 is 6.10 Å². The van der Waals surface area contributed by atoms with E-state index in [0.29, 0.717) is 22.9 Å². The maximum absolute atomic E-state index is 9.80. The molecule has 1 atom stereocenters. The molecule has 21 heavy (non-hydrogen) atoms. The molecule has 0 aromatic heterocycles. The van der Waals surface area contributed by atoms with Crippen LogP contribution in [0.15, 0.2) is 40.9 Å². The van der Waals surface area contributed by atoms with Crippen LogP contribution in [-0.4, -0.2) is 12.2 Å². The van der Waals surface area contributed by atoms with Gasteiger partial charge in [0, 0.05) is 20.6 Å². The molecule has 0 radical (unpaired) electrons. The molecule has 0 amide bonds. The van der Waals surface area contributed by atoms with Crippen LogP contribution in [0.4, 0.5) is 0 Å². The normalized spacial score (nSPS) is 12.0. The minimum atomic E-state index is -0.650. The Balaban J connectivity index is 2.22. The number of halogens is 2. The quantitative estimate of drug-likeness (QED) is 0.825. The zero-order valence-electron chi connectivity index (χ0n) is 11.8. The zero-order chi connectivity index (χ0) is 15.4. The van der Waals surface area contributed by atoms with Crippen LogP contribution < -0.4 is 9.47 Å². The van der Waals surface area contributed by atoms with E-state index in [2.05, 4.69) is 15.9 Å². The summed E-state index contributed by atoms with van der Waals surface area (Å²) in [5.41, 5.74) is 1.58. The van der Waals surface area contributed by atoms with Crippen molar-refractivity contribution in [3.05, 3.63) is 57.0 Å². The molecule has 1 N–H and O–H groups in total. The Kier molecular flexibility index (Phi) is 5.51. The number of rotatable bonds is 5. The number of ether oxygens (including phenoxy) is 2. The van der Waals surface area contributed by atoms with Gasteiger partial charge in [-0.15, -0.1) is 0 Å². The summed E-state index contributed by atoms with van der Waals surface area (Å²) in [5.74, 6) is 1.36. The molecule has 0 aliphatic rings. The van der Waals surface area contributed by atoms with Crippen LogP contribution in [0.2, 0.25) is 5.02 Å². The second-order valence-electron chi connectivity index (χ2n) is 4.60. The number of benzene rings is 2. The van der Waals surface area contributed by atoms with Crippen molar-refractivity contribution in [3.8, 4) is 11.5 Å². The second kappa shape index (κ2) is 7.16. The first kappa shape index (κ1) is 16.1. The summed E-state index contributed by atoms with van der Waals surface area (Å²) >= 11 is 9.38. The fourth-order valence-electron chi connectivity index (χ4n) is 1.99. The minimum Gasteiger partial charge on any atom is -0.496 e. The van der Waals surface area contributed by atoms with Gasteiger partial charge in [-0.1, -0.05) is 27.5 Å². The van der Waals surface area contributed by atoms with Crippen LogP contribution in [0, 0.1) is 0 Å². The predicted molar refractivity (Wildman–Crippen MR) is 87.1 cm³/mol. The molecule has 2 rings (SSSR count). The lowest BCUT2D eigenvalue weighted by Crippen LogP contribution is -2.02. The van der Waals surface area contributed by atoms with Crippen LogP contribution in [-0.2, 0) is 6.61 Å². The highest BCUT2D eigenvalue weighted by molar-refractivity contribution is 9.10. The summed E-state index contributed by atoms with van der Waals surface area (Å²) in [4.78, 5) is 0. The molecule has 5 heteroatoms. The first-order valence-corrected chi connectivity index (χ1v) is 7.61. The van der Waals surface area contributed by atoms with E-state index in [-0.39, 0.29) is 0 Å². The molecule has 112 valence electrons. The smallest absolute Gasteiger partial charge is 0.125 e. The number of methoxy groups -OCH3 is 1. The van der Waals surface area contributed by atoms with Crippen LogP contribution in [0.3, 0.4) is 0 Å². The highest BCUT2D eigenvalue weighted by atomic mass is 79.9. The van der Waals surface area contributed by atoms with E-state index in [1.54, 1.807) is 32.2 Å². The molecule has 0 aliphatic heterocycles. The van der Waals surface area contributed by atoms with E-state index in [9.17, 15) is 5.11 Å². The van der Waals surface area contributed by atoms with Gasteiger partial charge in [-0.2, -0.15) is 0 Å².